The van der Waals surface area contributed by atoms with Crippen molar-refractivity contribution in [2.75, 3.05) is 24.3 Å². The van der Waals surface area contributed by atoms with Crippen LogP contribution in [0, 0.1) is 0 Å². The maximum atomic E-state index is 11.6. The number of nitrogens with zero attached hydrogens (tertiary/aromatic N) is 2. The van der Waals surface area contributed by atoms with Gasteiger partial charge in [0, 0.05) is 11.6 Å². The molecule has 1 aliphatic heterocycles. The van der Waals surface area contributed by atoms with Crippen LogP contribution in [0.25, 0.3) is 11.3 Å². The number of benzene rings is 1. The predicted octanol–water partition coefficient (Wildman–Crippen LogP) is 1.50. The second-order valence-electron chi connectivity index (χ2n) is 5.18. The molecule has 112 valence electrons. The second-order valence-corrected chi connectivity index (χ2v) is 7.41. The average Bonchev–Trinajstić information content (AvgIpc) is 3.01. The number of nitrogens with two attached hydrogens (primary N) is 1. The van der Waals surface area contributed by atoms with Gasteiger partial charge in [-0.1, -0.05) is 0 Å². The first-order chi connectivity index (χ1) is 9.98. The zero-order valence-electron chi connectivity index (χ0n) is 11.7. The third-order valence-corrected chi connectivity index (χ3v) is 5.46. The van der Waals surface area contributed by atoms with Crippen molar-refractivity contribution in [3.05, 3.63) is 30.3 Å². The summed E-state index contributed by atoms with van der Waals surface area (Å²) < 4.78 is 29.9. The van der Waals surface area contributed by atoms with Crippen LogP contribution in [0.4, 0.5) is 5.82 Å². The molecule has 0 aliphatic carbocycles. The summed E-state index contributed by atoms with van der Waals surface area (Å²) in [5.41, 5.74) is 7.64. The molecule has 2 N–H and O–H groups in total. The zero-order valence-corrected chi connectivity index (χ0v) is 12.5. The number of anilines is 1. The van der Waals surface area contributed by atoms with E-state index in [9.17, 15) is 8.42 Å². The van der Waals surface area contributed by atoms with Crippen LogP contribution < -0.4 is 10.5 Å². The molecule has 3 rings (SSSR count). The Hall–Kier alpha value is -2.02. The minimum absolute atomic E-state index is 0.112. The van der Waals surface area contributed by atoms with E-state index in [0.717, 1.165) is 17.0 Å². The third-order valence-electron chi connectivity index (χ3n) is 3.70. The highest BCUT2D eigenvalue weighted by atomic mass is 32.2. The van der Waals surface area contributed by atoms with E-state index in [2.05, 4.69) is 5.10 Å². The summed E-state index contributed by atoms with van der Waals surface area (Å²) >= 11 is 0. The zero-order chi connectivity index (χ0) is 15.0. The van der Waals surface area contributed by atoms with Crippen molar-refractivity contribution in [2.45, 2.75) is 12.5 Å². The Morgan fingerprint density at radius 3 is 2.62 bits per heavy atom. The van der Waals surface area contributed by atoms with Crippen molar-refractivity contribution in [1.29, 1.82) is 0 Å². The van der Waals surface area contributed by atoms with Crippen LogP contribution in [-0.2, 0) is 9.84 Å². The lowest BCUT2D eigenvalue weighted by Crippen LogP contribution is -2.14. The van der Waals surface area contributed by atoms with Crippen LogP contribution in [-0.4, -0.2) is 36.8 Å². The molecule has 0 radical (unpaired) electrons. The van der Waals surface area contributed by atoms with Crippen LogP contribution in [0.2, 0.25) is 0 Å². The largest absolute Gasteiger partial charge is 0.497 e. The normalized spacial score (nSPS) is 20.5. The first-order valence-electron chi connectivity index (χ1n) is 6.68. The highest BCUT2D eigenvalue weighted by Crippen LogP contribution is 2.29. The average molecular weight is 307 g/mol. The minimum Gasteiger partial charge on any atom is -0.497 e. The molecule has 21 heavy (non-hydrogen) atoms. The van der Waals surface area contributed by atoms with Crippen molar-refractivity contribution < 1.29 is 13.2 Å². The van der Waals surface area contributed by atoms with Gasteiger partial charge in [0.2, 0.25) is 0 Å². The van der Waals surface area contributed by atoms with E-state index < -0.39 is 9.84 Å². The molecule has 2 heterocycles. The first-order valence-corrected chi connectivity index (χ1v) is 8.50. The lowest BCUT2D eigenvalue weighted by molar-refractivity contribution is 0.415. The Balaban J connectivity index is 1.90. The summed E-state index contributed by atoms with van der Waals surface area (Å²) in [7, 11) is -1.34. The Labute approximate surface area is 123 Å². The monoisotopic (exact) mass is 307 g/mol. The van der Waals surface area contributed by atoms with Crippen LogP contribution in [0.3, 0.4) is 0 Å². The smallest absolute Gasteiger partial charge is 0.152 e. The van der Waals surface area contributed by atoms with Gasteiger partial charge in [-0.05, 0) is 30.7 Å². The number of ether oxygens (including phenoxy) is 1. The first kappa shape index (κ1) is 13.9. The Kier molecular flexibility index (Phi) is 3.36. The van der Waals surface area contributed by atoms with E-state index in [0.29, 0.717) is 12.2 Å². The molecule has 0 unspecified atom stereocenters. The van der Waals surface area contributed by atoms with Crippen LogP contribution >= 0.6 is 0 Å². The number of nitrogen functional groups attached to an aromatic ring is 1. The molecular weight excluding hydrogens is 290 g/mol. The molecule has 1 atom stereocenters. The van der Waals surface area contributed by atoms with Crippen LogP contribution in [0.1, 0.15) is 12.5 Å². The lowest BCUT2D eigenvalue weighted by Gasteiger charge is -2.10. The van der Waals surface area contributed by atoms with Gasteiger partial charge in [0.1, 0.15) is 11.6 Å². The minimum atomic E-state index is -2.96. The van der Waals surface area contributed by atoms with Gasteiger partial charge < -0.3 is 10.5 Å². The molecule has 1 fully saturated rings. The Morgan fingerprint density at radius 2 is 2.05 bits per heavy atom. The molecule has 0 amide bonds. The van der Waals surface area contributed by atoms with E-state index in [1.165, 1.54) is 0 Å². The standard InChI is InChI=1S/C14H17N3O3S/c1-20-12-4-2-10(3-5-12)13-8-14(15)17(16-13)11-6-7-21(18,19)9-11/h2-5,8,11H,6-7,9,15H2,1H3/t11-/m0/s1. The summed E-state index contributed by atoms with van der Waals surface area (Å²) in [6.07, 6.45) is 0.566. The fourth-order valence-electron chi connectivity index (χ4n) is 2.57. The van der Waals surface area contributed by atoms with E-state index in [-0.39, 0.29) is 17.5 Å². The third kappa shape index (κ3) is 2.73. The molecule has 6 nitrogen and oxygen atoms in total. The van der Waals surface area contributed by atoms with Gasteiger partial charge in [-0.15, -0.1) is 0 Å². The van der Waals surface area contributed by atoms with Gasteiger partial charge in [0.05, 0.1) is 30.4 Å². The van der Waals surface area contributed by atoms with E-state index >= 15 is 0 Å². The topological polar surface area (TPSA) is 87.2 Å². The number of aromatic nitrogens is 2. The summed E-state index contributed by atoms with van der Waals surface area (Å²) in [4.78, 5) is 0. The Bertz CT molecular complexity index is 750. The summed E-state index contributed by atoms with van der Waals surface area (Å²) in [6, 6.07) is 9.11. The maximum Gasteiger partial charge on any atom is 0.152 e. The summed E-state index contributed by atoms with van der Waals surface area (Å²) in [5, 5.41) is 4.47. The van der Waals surface area contributed by atoms with Crippen molar-refractivity contribution in [3.63, 3.8) is 0 Å². The molecule has 2 aromatic rings. The number of sulfone groups is 1. The molecule has 0 bridgehead atoms. The lowest BCUT2D eigenvalue weighted by atomic mass is 10.1. The van der Waals surface area contributed by atoms with Gasteiger partial charge in [-0.25, -0.2) is 13.1 Å². The van der Waals surface area contributed by atoms with Crippen molar-refractivity contribution in [1.82, 2.24) is 9.78 Å². The number of rotatable bonds is 3. The molecule has 0 spiro atoms. The molecule has 0 saturated carbocycles. The molecule has 1 aromatic heterocycles. The van der Waals surface area contributed by atoms with Gasteiger partial charge in [-0.3, -0.25) is 0 Å². The van der Waals surface area contributed by atoms with Crippen LogP contribution in [0.5, 0.6) is 5.75 Å². The molecular formula is C14H17N3O3S. The summed E-state index contributed by atoms with van der Waals surface area (Å²) in [5.74, 6) is 1.58. The number of hydrogen-bond acceptors (Lipinski definition) is 5. The molecule has 7 heteroatoms. The van der Waals surface area contributed by atoms with E-state index in [1.54, 1.807) is 17.9 Å². The Morgan fingerprint density at radius 1 is 1.33 bits per heavy atom. The van der Waals surface area contributed by atoms with E-state index in [4.69, 9.17) is 10.5 Å². The van der Waals surface area contributed by atoms with Gasteiger partial charge >= 0.3 is 0 Å². The predicted molar refractivity (Wildman–Crippen MR) is 80.9 cm³/mol. The van der Waals surface area contributed by atoms with Gasteiger partial charge in [-0.2, -0.15) is 5.10 Å². The van der Waals surface area contributed by atoms with Crippen molar-refractivity contribution in [3.8, 4) is 17.0 Å². The second kappa shape index (κ2) is 5.07. The highest BCUT2D eigenvalue weighted by Gasteiger charge is 2.31. The van der Waals surface area contributed by atoms with Crippen LogP contribution in [0.15, 0.2) is 30.3 Å². The van der Waals surface area contributed by atoms with E-state index in [1.807, 2.05) is 24.3 Å². The maximum absolute atomic E-state index is 11.6. The number of hydrogen-bond donors (Lipinski definition) is 1. The summed E-state index contributed by atoms with van der Waals surface area (Å²) in [6.45, 7) is 0. The fourth-order valence-corrected chi connectivity index (χ4v) is 4.26. The number of methoxy groups -OCH3 is 1. The quantitative estimate of drug-likeness (QED) is 0.928. The molecule has 1 saturated heterocycles. The van der Waals surface area contributed by atoms with Gasteiger partial charge in [0.15, 0.2) is 9.84 Å². The highest BCUT2D eigenvalue weighted by molar-refractivity contribution is 7.91. The fraction of sp³-hybridized carbons (Fsp3) is 0.357. The van der Waals surface area contributed by atoms with Gasteiger partial charge in [0.25, 0.3) is 0 Å². The molecule has 1 aliphatic rings. The SMILES string of the molecule is COc1ccc(-c2cc(N)n([C@H]3CCS(=O)(=O)C3)n2)cc1. The van der Waals surface area contributed by atoms with Crippen molar-refractivity contribution >= 4 is 15.7 Å². The van der Waals surface area contributed by atoms with Crippen molar-refractivity contribution in [2.24, 2.45) is 0 Å². The molecule has 1 aromatic carbocycles.